The van der Waals surface area contributed by atoms with Crippen LogP contribution in [0.3, 0.4) is 0 Å². The topological polar surface area (TPSA) is 58.6 Å². The monoisotopic (exact) mass is 241 g/mol. The number of hydrogen-bond donors (Lipinski definition) is 2. The first-order valence-corrected chi connectivity index (χ1v) is 5.30. The molecular weight excluding hydrogens is 225 g/mol. The van der Waals surface area contributed by atoms with E-state index in [4.69, 9.17) is 9.84 Å². The third kappa shape index (κ3) is 4.03. The zero-order valence-corrected chi connectivity index (χ0v) is 9.87. The van der Waals surface area contributed by atoms with E-state index in [1.807, 2.05) is 6.92 Å². The summed E-state index contributed by atoms with van der Waals surface area (Å²) >= 11 is 0. The molecule has 0 aliphatic rings. The van der Waals surface area contributed by atoms with E-state index in [-0.39, 0.29) is 5.56 Å². The molecule has 17 heavy (non-hydrogen) atoms. The van der Waals surface area contributed by atoms with Crippen molar-refractivity contribution in [3.8, 4) is 0 Å². The summed E-state index contributed by atoms with van der Waals surface area (Å²) in [7, 11) is 1.62. The molecule has 0 fully saturated rings. The first kappa shape index (κ1) is 13.4. The zero-order chi connectivity index (χ0) is 12.8. The van der Waals surface area contributed by atoms with Gasteiger partial charge in [-0.05, 0) is 24.1 Å². The maximum atomic E-state index is 13.3. The molecule has 1 aromatic carbocycles. The number of carboxylic acid groups (broad SMARTS) is 1. The van der Waals surface area contributed by atoms with Crippen molar-refractivity contribution in [3.63, 3.8) is 0 Å². The third-order valence-corrected chi connectivity index (χ3v) is 2.31. The quantitative estimate of drug-likeness (QED) is 0.801. The molecule has 1 rings (SSSR count). The van der Waals surface area contributed by atoms with E-state index in [0.29, 0.717) is 24.8 Å². The molecule has 0 bridgehead atoms. The van der Waals surface area contributed by atoms with Gasteiger partial charge in [0, 0.05) is 19.3 Å². The van der Waals surface area contributed by atoms with Crippen LogP contribution in [-0.4, -0.2) is 31.3 Å². The average molecular weight is 241 g/mol. The maximum Gasteiger partial charge on any atom is 0.338 e. The van der Waals surface area contributed by atoms with Crippen LogP contribution in [-0.2, 0) is 4.74 Å². The van der Waals surface area contributed by atoms with Crippen LogP contribution in [0, 0.1) is 11.7 Å². The molecule has 0 aromatic heterocycles. The van der Waals surface area contributed by atoms with E-state index < -0.39 is 11.8 Å². The molecule has 2 N–H and O–H groups in total. The number of ether oxygens (including phenoxy) is 1. The third-order valence-electron chi connectivity index (χ3n) is 2.31. The van der Waals surface area contributed by atoms with E-state index in [2.05, 4.69) is 5.32 Å². The van der Waals surface area contributed by atoms with Crippen molar-refractivity contribution in [2.24, 2.45) is 5.92 Å². The molecule has 0 saturated heterocycles. The van der Waals surface area contributed by atoms with Gasteiger partial charge >= 0.3 is 5.97 Å². The number of hydrogen-bond acceptors (Lipinski definition) is 3. The fraction of sp³-hybridized carbons (Fsp3) is 0.417. The molecule has 0 heterocycles. The lowest BCUT2D eigenvalue weighted by molar-refractivity contribution is 0.0692. The molecule has 1 atom stereocenters. The number of rotatable bonds is 6. The predicted molar refractivity (Wildman–Crippen MR) is 62.9 cm³/mol. The minimum absolute atomic E-state index is 0.294. The van der Waals surface area contributed by atoms with E-state index in [1.165, 1.54) is 12.1 Å². The molecule has 1 aromatic rings. The summed E-state index contributed by atoms with van der Waals surface area (Å²) in [5, 5.41) is 11.7. The number of methoxy groups -OCH3 is 1. The van der Waals surface area contributed by atoms with Gasteiger partial charge in [-0.15, -0.1) is 0 Å². The fourth-order valence-electron chi connectivity index (χ4n) is 1.43. The summed E-state index contributed by atoms with van der Waals surface area (Å²) in [4.78, 5) is 10.6. The van der Waals surface area contributed by atoms with Gasteiger partial charge in [-0.25, -0.2) is 9.18 Å². The van der Waals surface area contributed by atoms with E-state index >= 15 is 0 Å². The highest BCUT2D eigenvalue weighted by Crippen LogP contribution is 2.15. The van der Waals surface area contributed by atoms with Crippen molar-refractivity contribution in [1.82, 2.24) is 0 Å². The van der Waals surface area contributed by atoms with Crippen molar-refractivity contribution in [3.05, 3.63) is 29.6 Å². The molecule has 0 aliphatic carbocycles. The van der Waals surface area contributed by atoms with Crippen molar-refractivity contribution in [1.29, 1.82) is 0 Å². The molecule has 0 radical (unpaired) electrons. The van der Waals surface area contributed by atoms with Crippen LogP contribution in [0.5, 0.6) is 0 Å². The number of anilines is 1. The Labute approximate surface area is 99.4 Å². The van der Waals surface area contributed by atoms with Crippen molar-refractivity contribution in [2.45, 2.75) is 6.92 Å². The normalized spacial score (nSPS) is 12.2. The highest BCUT2D eigenvalue weighted by atomic mass is 19.1. The van der Waals surface area contributed by atoms with Crippen LogP contribution in [0.15, 0.2) is 18.2 Å². The minimum atomic E-state index is -1.26. The average Bonchev–Trinajstić information content (AvgIpc) is 2.26. The summed E-state index contributed by atoms with van der Waals surface area (Å²) < 4.78 is 18.3. The number of halogens is 1. The minimum Gasteiger partial charge on any atom is -0.478 e. The number of nitrogens with one attached hydrogen (secondary N) is 1. The maximum absolute atomic E-state index is 13.3. The molecule has 0 amide bonds. The molecule has 1 unspecified atom stereocenters. The molecule has 94 valence electrons. The molecule has 0 aliphatic heterocycles. The van der Waals surface area contributed by atoms with Gasteiger partial charge < -0.3 is 15.2 Å². The van der Waals surface area contributed by atoms with Crippen molar-refractivity contribution in [2.75, 3.05) is 25.6 Å². The van der Waals surface area contributed by atoms with Crippen LogP contribution < -0.4 is 5.32 Å². The van der Waals surface area contributed by atoms with Crippen LogP contribution in [0.4, 0.5) is 10.1 Å². The second kappa shape index (κ2) is 6.20. The van der Waals surface area contributed by atoms with Gasteiger partial charge in [-0.1, -0.05) is 6.92 Å². The Morgan fingerprint density at radius 1 is 1.59 bits per heavy atom. The summed E-state index contributed by atoms with van der Waals surface area (Å²) in [6, 6.07) is 3.98. The molecular formula is C12H16FNO3. The lowest BCUT2D eigenvalue weighted by atomic mass is 10.1. The Kier molecular flexibility index (Phi) is 4.90. The number of aromatic carboxylic acids is 1. The van der Waals surface area contributed by atoms with Gasteiger partial charge in [0.25, 0.3) is 0 Å². The van der Waals surface area contributed by atoms with Gasteiger partial charge in [-0.3, -0.25) is 0 Å². The van der Waals surface area contributed by atoms with Crippen molar-refractivity contribution >= 4 is 11.7 Å². The number of carbonyl (C=O) groups is 1. The Morgan fingerprint density at radius 2 is 2.29 bits per heavy atom. The van der Waals surface area contributed by atoms with E-state index in [9.17, 15) is 9.18 Å². The summed E-state index contributed by atoms with van der Waals surface area (Å²) in [6.45, 7) is 3.25. The Bertz CT molecular complexity index is 395. The van der Waals surface area contributed by atoms with E-state index in [1.54, 1.807) is 13.2 Å². The Balaban J connectivity index is 2.62. The van der Waals surface area contributed by atoms with Gasteiger partial charge in [0.05, 0.1) is 12.2 Å². The van der Waals surface area contributed by atoms with Crippen LogP contribution in [0.2, 0.25) is 0 Å². The molecule has 5 heteroatoms. The van der Waals surface area contributed by atoms with Crippen molar-refractivity contribution < 1.29 is 19.0 Å². The predicted octanol–water partition coefficient (Wildman–Crippen LogP) is 2.22. The summed E-state index contributed by atoms with van der Waals surface area (Å²) in [5.74, 6) is -1.70. The summed E-state index contributed by atoms with van der Waals surface area (Å²) in [5.41, 5.74) is 0.246. The van der Waals surface area contributed by atoms with Gasteiger partial charge in [0.1, 0.15) is 5.82 Å². The standard InChI is InChI=1S/C12H16FNO3/c1-8(7-17-2)6-14-9-3-4-10(12(15)16)11(13)5-9/h3-5,8,14H,6-7H2,1-2H3,(H,15,16). The lowest BCUT2D eigenvalue weighted by Gasteiger charge is -2.12. The van der Waals surface area contributed by atoms with Crippen LogP contribution >= 0.6 is 0 Å². The highest BCUT2D eigenvalue weighted by Gasteiger charge is 2.10. The van der Waals surface area contributed by atoms with Gasteiger partial charge in [0.2, 0.25) is 0 Å². The lowest BCUT2D eigenvalue weighted by Crippen LogP contribution is -2.16. The second-order valence-electron chi connectivity index (χ2n) is 3.94. The second-order valence-corrected chi connectivity index (χ2v) is 3.94. The zero-order valence-electron chi connectivity index (χ0n) is 9.87. The Hall–Kier alpha value is -1.62. The molecule has 0 spiro atoms. The Morgan fingerprint density at radius 3 is 2.82 bits per heavy atom. The first-order chi connectivity index (χ1) is 8.04. The van der Waals surface area contributed by atoms with Gasteiger partial charge in [-0.2, -0.15) is 0 Å². The van der Waals surface area contributed by atoms with E-state index in [0.717, 1.165) is 0 Å². The van der Waals surface area contributed by atoms with Crippen LogP contribution in [0.1, 0.15) is 17.3 Å². The SMILES string of the molecule is COCC(C)CNc1ccc(C(=O)O)c(F)c1. The largest absolute Gasteiger partial charge is 0.478 e. The van der Waals surface area contributed by atoms with Crippen LogP contribution in [0.25, 0.3) is 0 Å². The molecule has 0 saturated carbocycles. The summed E-state index contributed by atoms with van der Waals surface area (Å²) in [6.07, 6.45) is 0. The molecule has 4 nitrogen and oxygen atoms in total. The highest BCUT2D eigenvalue weighted by molar-refractivity contribution is 5.88. The fourth-order valence-corrected chi connectivity index (χ4v) is 1.43. The van der Waals surface area contributed by atoms with Gasteiger partial charge in [0.15, 0.2) is 0 Å². The number of benzene rings is 1. The number of carboxylic acids is 1. The first-order valence-electron chi connectivity index (χ1n) is 5.30. The smallest absolute Gasteiger partial charge is 0.338 e.